The topological polar surface area (TPSA) is 111 Å². The van der Waals surface area contributed by atoms with Crippen LogP contribution in [0.1, 0.15) is 0 Å². The van der Waals surface area contributed by atoms with E-state index in [4.69, 9.17) is 14.0 Å². The van der Waals surface area contributed by atoms with Crippen LogP contribution < -0.4 is 9.91 Å². The van der Waals surface area contributed by atoms with E-state index in [1.54, 1.807) is 0 Å². The fourth-order valence-electron chi connectivity index (χ4n) is 0. The van der Waals surface area contributed by atoms with E-state index in [0.717, 1.165) is 0 Å². The van der Waals surface area contributed by atoms with Crippen molar-refractivity contribution in [2.75, 3.05) is 0 Å². The van der Waals surface area contributed by atoms with Gasteiger partial charge in [0.2, 0.25) is 0 Å². The summed E-state index contributed by atoms with van der Waals surface area (Å²) in [5.41, 5.74) is 0. The summed E-state index contributed by atoms with van der Waals surface area (Å²) in [6.45, 7) is 0. The minimum atomic E-state index is -6.02. The van der Waals surface area contributed by atoms with E-state index >= 15 is 0 Å². The molecule has 0 aliphatic heterocycles. The number of hydrogen-bond acceptors (Lipinski definition) is 4. The van der Waals surface area contributed by atoms with E-state index < -0.39 is 16.3 Å². The molecule has 0 aromatic carbocycles. The normalized spacial score (nSPS) is 9.50. The van der Waals surface area contributed by atoms with Gasteiger partial charge in [-0.25, -0.2) is 0 Å². The first-order valence-electron chi connectivity index (χ1n) is 0.667. The number of rotatable bonds is 0. The monoisotopic (exact) mass is 180 g/mol. The van der Waals surface area contributed by atoms with Crippen molar-refractivity contribution in [2.45, 2.75) is 0 Å². The summed E-state index contributed by atoms with van der Waals surface area (Å²) in [6.07, 6.45) is 0. The van der Waals surface area contributed by atoms with Crippen LogP contribution in [-0.4, -0.2) is 0 Å². The molecule has 0 saturated carbocycles. The Balaban J connectivity index is 0. The third-order valence-electron chi connectivity index (χ3n) is 0. The van der Waals surface area contributed by atoms with Gasteiger partial charge in [-0.05, 0) is 0 Å². The van der Waals surface area contributed by atoms with E-state index in [2.05, 4.69) is 0 Å². The molecule has 0 amide bonds. The zero-order valence-corrected chi connectivity index (χ0v) is 5.05. The predicted octanol–water partition coefficient (Wildman–Crippen LogP) is -1.17. The van der Waals surface area contributed by atoms with Crippen molar-refractivity contribution in [3.8, 4) is 0 Å². The average Bonchev–Trinajstić information content (AvgIpc) is 0.722. The third-order valence-corrected chi connectivity index (χ3v) is 0. The Labute approximate surface area is 37.1 Å². The van der Waals surface area contributed by atoms with E-state index in [-0.39, 0.29) is 6.15 Å². The van der Waals surface area contributed by atoms with Crippen LogP contribution in [0.2, 0.25) is 0 Å². The molecule has 5 nitrogen and oxygen atoms in total. The fraction of sp³-hybridized carbons (Fsp3) is 0. The Morgan fingerprint density at radius 2 is 1.17 bits per heavy atom. The van der Waals surface area contributed by atoms with Crippen LogP contribution in [0, 0.1) is 0 Å². The summed E-state index contributed by atoms with van der Waals surface area (Å²) in [7, 11) is 0. The Bertz CT molecular complexity index is 129. The van der Waals surface area contributed by atoms with Crippen LogP contribution in [-0.2, 0) is 26.5 Å². The molecule has 0 heterocycles. The molecule has 0 rings (SSSR count). The molecule has 0 radical (unpaired) electrons. The first-order valence-corrected chi connectivity index (χ1v) is 3.94. The molecule has 0 fully saturated rings. The summed E-state index contributed by atoms with van der Waals surface area (Å²) in [4.78, 5) is 0. The number of hydrogen-bond donors (Lipinski definition) is 1. The summed E-state index contributed by atoms with van der Waals surface area (Å²) in [6, 6.07) is 0. The third kappa shape index (κ3) is 525000. The molecule has 0 bridgehead atoms. The second-order valence-corrected chi connectivity index (χ2v) is 2.42. The van der Waals surface area contributed by atoms with Gasteiger partial charge in [0, 0.05) is 0 Å². The standard InChI is InChI=1S/Mo.H3N.4O/h;1H3;;;;/q;;;;;-1/p+1. The van der Waals surface area contributed by atoms with E-state index in [9.17, 15) is 0 Å². The molecule has 6 heteroatoms. The molecule has 0 aromatic rings. The van der Waals surface area contributed by atoms with E-state index in [0.29, 0.717) is 0 Å². The van der Waals surface area contributed by atoms with Gasteiger partial charge in [0.1, 0.15) is 0 Å². The van der Waals surface area contributed by atoms with Crippen LogP contribution in [0.4, 0.5) is 0 Å². The van der Waals surface area contributed by atoms with E-state index in [1.165, 1.54) is 0 Å². The molecular weight excluding hydrogens is 174 g/mol. The van der Waals surface area contributed by atoms with Crippen LogP contribution in [0.3, 0.4) is 0 Å². The quantitative estimate of drug-likeness (QED) is 0.470. The average molecular weight is 178 g/mol. The summed E-state index contributed by atoms with van der Waals surface area (Å²) >= 11 is -6.02. The SMILES string of the molecule is [NH4+].[O]=[Mo](=[O])(=[O])[O-]. The summed E-state index contributed by atoms with van der Waals surface area (Å²) < 4.78 is 34.5. The van der Waals surface area contributed by atoms with Gasteiger partial charge in [-0.1, -0.05) is 0 Å². The van der Waals surface area contributed by atoms with Crippen molar-refractivity contribution in [3.05, 3.63) is 0 Å². The zero-order valence-electron chi connectivity index (χ0n) is 3.04. The van der Waals surface area contributed by atoms with Gasteiger partial charge in [0.15, 0.2) is 0 Å². The van der Waals surface area contributed by atoms with Gasteiger partial charge >= 0.3 is 30.3 Å². The van der Waals surface area contributed by atoms with Crippen LogP contribution in [0.5, 0.6) is 0 Å². The van der Waals surface area contributed by atoms with Crippen molar-refractivity contribution in [2.24, 2.45) is 0 Å². The van der Waals surface area contributed by atoms with Gasteiger partial charge in [0.25, 0.3) is 0 Å². The maximum atomic E-state index is 8.63. The molecule has 0 aliphatic carbocycles. The predicted molar refractivity (Wildman–Crippen MR) is 8.04 cm³/mol. The molecule has 0 unspecified atom stereocenters. The molecule has 0 atom stereocenters. The van der Waals surface area contributed by atoms with Gasteiger partial charge < -0.3 is 6.15 Å². The van der Waals surface area contributed by atoms with Gasteiger partial charge in [0.05, 0.1) is 0 Å². The second kappa shape index (κ2) is 2.23. The molecule has 0 aliphatic rings. The fourth-order valence-corrected chi connectivity index (χ4v) is 0. The molecular formula is H4MoNO4. The Hall–Kier alpha value is 0.00831. The van der Waals surface area contributed by atoms with Crippen molar-refractivity contribution in [1.29, 1.82) is 0 Å². The van der Waals surface area contributed by atoms with Crippen LogP contribution >= 0.6 is 0 Å². The van der Waals surface area contributed by atoms with Gasteiger partial charge in [-0.3, -0.25) is 0 Å². The Morgan fingerprint density at radius 3 is 1.17 bits per heavy atom. The molecule has 39 valence electrons. The minimum absolute atomic E-state index is 0. The van der Waals surface area contributed by atoms with Crippen molar-refractivity contribution in [3.63, 3.8) is 0 Å². The molecule has 4 N–H and O–H groups in total. The number of quaternary nitrogens is 1. The zero-order chi connectivity index (χ0) is 4.50. The van der Waals surface area contributed by atoms with Crippen LogP contribution in [0.15, 0.2) is 0 Å². The van der Waals surface area contributed by atoms with Crippen LogP contribution in [0.25, 0.3) is 0 Å². The maximum absolute atomic E-state index is 8.63. The molecule has 0 spiro atoms. The van der Waals surface area contributed by atoms with Gasteiger partial charge in [-0.15, -0.1) is 0 Å². The first kappa shape index (κ1) is 9.38. The molecule has 0 saturated heterocycles. The van der Waals surface area contributed by atoms with Crippen molar-refractivity contribution >= 4 is 0 Å². The Morgan fingerprint density at radius 1 is 1.17 bits per heavy atom. The van der Waals surface area contributed by atoms with Crippen molar-refractivity contribution in [1.82, 2.24) is 6.15 Å². The summed E-state index contributed by atoms with van der Waals surface area (Å²) in [5.74, 6) is 0. The van der Waals surface area contributed by atoms with E-state index in [1.807, 2.05) is 0 Å². The van der Waals surface area contributed by atoms with Gasteiger partial charge in [-0.2, -0.15) is 0 Å². The summed E-state index contributed by atoms with van der Waals surface area (Å²) in [5, 5.41) is 0. The molecule has 6 heavy (non-hydrogen) atoms. The first-order chi connectivity index (χ1) is 2.00. The Kier molecular flexibility index (Phi) is 3.48. The second-order valence-electron chi connectivity index (χ2n) is 0.408. The molecule has 0 aromatic heterocycles. The van der Waals surface area contributed by atoms with Crippen molar-refractivity contribution < 1.29 is 30.3 Å².